The molecule has 0 radical (unpaired) electrons. The van der Waals surface area contributed by atoms with Crippen LogP contribution in [-0.4, -0.2) is 28.9 Å². The zero-order chi connectivity index (χ0) is 18.0. The number of hydrogen-bond acceptors (Lipinski definition) is 5. The summed E-state index contributed by atoms with van der Waals surface area (Å²) in [6, 6.07) is 6.04. The molecule has 2 unspecified atom stereocenters. The lowest BCUT2D eigenvalue weighted by Crippen LogP contribution is -2.29. The molecule has 7 nitrogen and oxygen atoms in total. The predicted molar refractivity (Wildman–Crippen MR) is 89.0 cm³/mol. The Bertz CT molecular complexity index is 848. The SMILES string of the molecule is N#CC1CCOCC1n1cc(C(N)=O)c(Nc2ccc(Cl)c(F)c2)n1. The minimum absolute atomic E-state index is 0.0116. The van der Waals surface area contributed by atoms with E-state index in [4.69, 9.17) is 22.1 Å². The Labute approximate surface area is 148 Å². The number of halogens is 2. The fraction of sp³-hybridized carbons (Fsp3) is 0.312. The summed E-state index contributed by atoms with van der Waals surface area (Å²) in [6.45, 7) is 0.820. The van der Waals surface area contributed by atoms with E-state index in [1.54, 1.807) is 6.07 Å². The third-order valence-corrected chi connectivity index (χ3v) is 4.32. The summed E-state index contributed by atoms with van der Waals surface area (Å²) in [5, 5.41) is 16.5. The number of nitriles is 1. The van der Waals surface area contributed by atoms with Crippen LogP contribution in [0.1, 0.15) is 22.8 Å². The second kappa shape index (κ2) is 7.09. The average molecular weight is 364 g/mol. The number of carbonyl (C=O) groups excluding carboxylic acids is 1. The van der Waals surface area contributed by atoms with Crippen molar-refractivity contribution in [3.05, 3.63) is 40.8 Å². The van der Waals surface area contributed by atoms with Gasteiger partial charge in [0.25, 0.3) is 5.91 Å². The van der Waals surface area contributed by atoms with Gasteiger partial charge < -0.3 is 15.8 Å². The van der Waals surface area contributed by atoms with E-state index in [9.17, 15) is 14.4 Å². The van der Waals surface area contributed by atoms with Gasteiger partial charge in [0, 0.05) is 18.5 Å². The molecule has 1 fully saturated rings. The van der Waals surface area contributed by atoms with Crippen molar-refractivity contribution in [1.29, 1.82) is 5.26 Å². The summed E-state index contributed by atoms with van der Waals surface area (Å²) in [5.41, 5.74) is 5.91. The van der Waals surface area contributed by atoms with Crippen molar-refractivity contribution in [2.75, 3.05) is 18.5 Å². The van der Waals surface area contributed by atoms with Gasteiger partial charge in [-0.05, 0) is 24.6 Å². The summed E-state index contributed by atoms with van der Waals surface area (Å²) in [4.78, 5) is 11.7. The van der Waals surface area contributed by atoms with Crippen molar-refractivity contribution in [3.63, 3.8) is 0 Å². The van der Waals surface area contributed by atoms with Gasteiger partial charge in [-0.2, -0.15) is 10.4 Å². The van der Waals surface area contributed by atoms with Gasteiger partial charge in [-0.3, -0.25) is 9.48 Å². The van der Waals surface area contributed by atoms with Crippen molar-refractivity contribution in [3.8, 4) is 6.07 Å². The molecular formula is C16H15ClFN5O2. The molecule has 1 amide bonds. The van der Waals surface area contributed by atoms with E-state index < -0.39 is 11.7 Å². The highest BCUT2D eigenvalue weighted by atomic mass is 35.5. The third kappa shape index (κ3) is 3.57. The number of carbonyl (C=O) groups is 1. The van der Waals surface area contributed by atoms with Crippen LogP contribution < -0.4 is 11.1 Å². The van der Waals surface area contributed by atoms with Gasteiger partial charge >= 0.3 is 0 Å². The van der Waals surface area contributed by atoms with Crippen LogP contribution in [0.5, 0.6) is 0 Å². The number of nitrogens with two attached hydrogens (primary N) is 1. The maximum Gasteiger partial charge on any atom is 0.254 e. The quantitative estimate of drug-likeness (QED) is 0.868. The van der Waals surface area contributed by atoms with Crippen LogP contribution in [0, 0.1) is 23.1 Å². The molecule has 1 aromatic heterocycles. The minimum Gasteiger partial charge on any atom is -0.379 e. The fourth-order valence-corrected chi connectivity index (χ4v) is 2.80. The monoisotopic (exact) mass is 363 g/mol. The summed E-state index contributed by atoms with van der Waals surface area (Å²) in [7, 11) is 0. The van der Waals surface area contributed by atoms with Gasteiger partial charge in [-0.25, -0.2) is 4.39 Å². The Morgan fingerprint density at radius 2 is 2.36 bits per heavy atom. The lowest BCUT2D eigenvalue weighted by atomic mass is 9.97. The molecule has 130 valence electrons. The summed E-state index contributed by atoms with van der Waals surface area (Å²) in [6.07, 6.45) is 2.05. The van der Waals surface area contributed by atoms with Gasteiger partial charge in [0.2, 0.25) is 0 Å². The molecule has 1 saturated heterocycles. The summed E-state index contributed by atoms with van der Waals surface area (Å²) < 4.78 is 20.5. The number of anilines is 2. The predicted octanol–water partition coefficient (Wildman–Crippen LogP) is 2.62. The second-order valence-corrected chi connectivity index (χ2v) is 6.06. The molecule has 2 atom stereocenters. The number of primary amides is 1. The molecular weight excluding hydrogens is 349 g/mol. The van der Waals surface area contributed by atoms with Crippen molar-refractivity contribution in [2.45, 2.75) is 12.5 Å². The van der Waals surface area contributed by atoms with E-state index in [0.29, 0.717) is 25.3 Å². The van der Waals surface area contributed by atoms with E-state index >= 15 is 0 Å². The summed E-state index contributed by atoms with van der Waals surface area (Å²) >= 11 is 5.66. The molecule has 3 N–H and O–H groups in total. The first-order valence-corrected chi connectivity index (χ1v) is 7.95. The normalized spacial score (nSPS) is 20.0. The highest BCUT2D eigenvalue weighted by molar-refractivity contribution is 6.30. The van der Waals surface area contributed by atoms with Crippen molar-refractivity contribution in [1.82, 2.24) is 9.78 Å². The van der Waals surface area contributed by atoms with Crippen LogP contribution in [0.25, 0.3) is 0 Å². The topological polar surface area (TPSA) is 106 Å². The standard InChI is InChI=1S/C16H15ClFN5O2/c17-12-2-1-10(5-13(12)18)21-16-11(15(20)24)7-23(22-16)14-8-25-4-3-9(14)6-19/h1-2,5,7,9,14H,3-4,8H2,(H2,20,24)(H,21,22). The molecule has 1 aromatic carbocycles. The van der Waals surface area contributed by atoms with Crippen molar-refractivity contribution in [2.24, 2.45) is 11.7 Å². The number of benzene rings is 1. The third-order valence-electron chi connectivity index (χ3n) is 4.01. The van der Waals surface area contributed by atoms with E-state index in [-0.39, 0.29) is 28.4 Å². The molecule has 2 aromatic rings. The number of nitrogens with zero attached hydrogens (tertiary/aromatic N) is 3. The average Bonchev–Trinajstić information content (AvgIpc) is 3.02. The van der Waals surface area contributed by atoms with Gasteiger partial charge in [0.15, 0.2) is 5.82 Å². The smallest absolute Gasteiger partial charge is 0.254 e. The van der Waals surface area contributed by atoms with E-state index in [1.807, 2.05) is 0 Å². The Morgan fingerprint density at radius 1 is 1.56 bits per heavy atom. The number of nitrogens with one attached hydrogen (secondary N) is 1. The minimum atomic E-state index is -0.687. The number of amides is 1. The van der Waals surface area contributed by atoms with Crippen LogP contribution in [-0.2, 0) is 4.74 Å². The molecule has 25 heavy (non-hydrogen) atoms. The summed E-state index contributed by atoms with van der Waals surface area (Å²) in [5.74, 6) is -1.39. The first-order chi connectivity index (χ1) is 12.0. The fourth-order valence-electron chi connectivity index (χ4n) is 2.68. The number of aromatic nitrogens is 2. The van der Waals surface area contributed by atoms with Crippen LogP contribution in [0.4, 0.5) is 15.9 Å². The Hall–Kier alpha value is -2.63. The van der Waals surface area contributed by atoms with Gasteiger partial charge in [0.1, 0.15) is 11.4 Å². The molecule has 1 aliphatic heterocycles. The number of ether oxygens (including phenoxy) is 1. The highest BCUT2D eigenvalue weighted by Crippen LogP contribution is 2.29. The Kier molecular flexibility index (Phi) is 4.88. The first kappa shape index (κ1) is 17.2. The molecule has 2 heterocycles. The van der Waals surface area contributed by atoms with E-state index in [0.717, 1.165) is 0 Å². The Morgan fingerprint density at radius 3 is 3.04 bits per heavy atom. The largest absolute Gasteiger partial charge is 0.379 e. The first-order valence-electron chi connectivity index (χ1n) is 7.58. The molecule has 0 aliphatic carbocycles. The van der Waals surface area contributed by atoms with Crippen molar-refractivity contribution >= 4 is 29.0 Å². The lowest BCUT2D eigenvalue weighted by molar-refractivity contribution is 0.0342. The van der Waals surface area contributed by atoms with Gasteiger partial charge in [0.05, 0.1) is 29.7 Å². The number of hydrogen-bond donors (Lipinski definition) is 2. The van der Waals surface area contributed by atoms with E-state index in [2.05, 4.69) is 16.5 Å². The highest BCUT2D eigenvalue weighted by Gasteiger charge is 2.29. The molecule has 0 saturated carbocycles. The maximum absolute atomic E-state index is 13.6. The van der Waals surface area contributed by atoms with Crippen LogP contribution in [0.3, 0.4) is 0 Å². The van der Waals surface area contributed by atoms with Gasteiger partial charge in [-0.15, -0.1) is 0 Å². The molecule has 0 bridgehead atoms. The van der Waals surface area contributed by atoms with Crippen molar-refractivity contribution < 1.29 is 13.9 Å². The molecule has 3 rings (SSSR count). The Balaban J connectivity index is 1.93. The number of rotatable bonds is 4. The zero-order valence-corrected chi connectivity index (χ0v) is 13.8. The molecule has 0 spiro atoms. The molecule has 1 aliphatic rings. The van der Waals surface area contributed by atoms with Crippen LogP contribution in [0.2, 0.25) is 5.02 Å². The lowest BCUT2D eigenvalue weighted by Gasteiger charge is -2.26. The second-order valence-electron chi connectivity index (χ2n) is 5.66. The van der Waals surface area contributed by atoms with Crippen LogP contribution in [0.15, 0.2) is 24.4 Å². The van der Waals surface area contributed by atoms with Crippen LogP contribution >= 0.6 is 11.6 Å². The molecule has 9 heteroatoms. The van der Waals surface area contributed by atoms with Gasteiger partial charge in [-0.1, -0.05) is 11.6 Å². The maximum atomic E-state index is 13.6. The van der Waals surface area contributed by atoms with E-state index in [1.165, 1.54) is 23.0 Å². The zero-order valence-electron chi connectivity index (χ0n) is 13.1.